The summed E-state index contributed by atoms with van der Waals surface area (Å²) in [6, 6.07) is 10.6. The molecule has 0 aliphatic carbocycles. The molecule has 0 spiro atoms. The van der Waals surface area contributed by atoms with Crippen LogP contribution >= 0.6 is 11.3 Å². The van der Waals surface area contributed by atoms with Crippen LogP contribution in [0.5, 0.6) is 0 Å². The number of nitrogens with one attached hydrogen (secondary N) is 1. The van der Waals surface area contributed by atoms with E-state index in [0.717, 1.165) is 23.0 Å². The summed E-state index contributed by atoms with van der Waals surface area (Å²) in [4.78, 5) is 8.03. The smallest absolute Gasteiger partial charge is 0.245 e. The van der Waals surface area contributed by atoms with Gasteiger partial charge in [-0.3, -0.25) is 0 Å². The van der Waals surface area contributed by atoms with Crippen LogP contribution in [0, 0.1) is 12.1 Å². The van der Waals surface area contributed by atoms with Crippen LogP contribution in [0.15, 0.2) is 47.6 Å². The number of alkyl halides is 3. The first kappa shape index (κ1) is 18.0. The third-order valence-electron chi connectivity index (χ3n) is 3.31. The summed E-state index contributed by atoms with van der Waals surface area (Å²) >= 11 is 0.855. The molecule has 9 heteroatoms. The minimum absolute atomic E-state index is 0.118. The number of hydrogen-bond donors (Lipinski definition) is 1. The van der Waals surface area contributed by atoms with Gasteiger partial charge in [-0.05, 0) is 25.1 Å². The maximum absolute atomic E-state index is 13.1. The van der Waals surface area contributed by atoms with Gasteiger partial charge >= 0.3 is 6.18 Å². The molecule has 0 saturated carbocycles. The van der Waals surface area contributed by atoms with Gasteiger partial charge in [0.1, 0.15) is 0 Å². The van der Waals surface area contributed by atoms with Gasteiger partial charge in [0.2, 0.25) is 5.95 Å². The Balaban J connectivity index is 1.92. The maximum atomic E-state index is 13.1. The lowest BCUT2D eigenvalue weighted by Crippen LogP contribution is -2.11. The normalized spacial score (nSPS) is 11.9. The molecule has 134 valence electrons. The van der Waals surface area contributed by atoms with E-state index in [1.54, 1.807) is 24.3 Å². The number of anilines is 1. The second-order valence-corrected chi connectivity index (χ2v) is 6.40. The number of hydrazone groups is 1. The molecule has 1 aromatic carbocycles. The van der Waals surface area contributed by atoms with Gasteiger partial charge in [-0.25, -0.2) is 15.4 Å². The molecule has 3 rings (SSSR count). The van der Waals surface area contributed by atoms with E-state index in [4.69, 9.17) is 0 Å². The third-order valence-corrected chi connectivity index (χ3v) is 4.12. The van der Waals surface area contributed by atoms with E-state index in [0.29, 0.717) is 10.4 Å². The van der Waals surface area contributed by atoms with Gasteiger partial charge in [0, 0.05) is 5.56 Å². The standard InChI is InChI=1S/C17H12F4N4S/c1-10-2-4-11(5-3-10)13-8-14(17(19,20)21)24-16(23-13)25-22-9-12-6-7-15(18)26-12/h2-9H,1H3,(H,23,24,25)/b22-9+. The van der Waals surface area contributed by atoms with Crippen LogP contribution < -0.4 is 5.43 Å². The highest BCUT2D eigenvalue weighted by molar-refractivity contribution is 7.12. The molecule has 0 atom stereocenters. The average molecular weight is 380 g/mol. The van der Waals surface area contributed by atoms with Gasteiger partial charge in [0.05, 0.1) is 16.8 Å². The molecule has 0 radical (unpaired) electrons. The van der Waals surface area contributed by atoms with Crippen LogP contribution in [0.25, 0.3) is 11.3 Å². The quantitative estimate of drug-likeness (QED) is 0.388. The molecule has 0 bridgehead atoms. The fourth-order valence-corrected chi connectivity index (χ4v) is 2.67. The number of aromatic nitrogens is 2. The van der Waals surface area contributed by atoms with Crippen molar-refractivity contribution in [2.75, 3.05) is 5.43 Å². The lowest BCUT2D eigenvalue weighted by Gasteiger charge is -2.10. The summed E-state index contributed by atoms with van der Waals surface area (Å²) in [6.07, 6.45) is -3.34. The molecule has 1 N–H and O–H groups in total. The Morgan fingerprint density at radius 1 is 1.08 bits per heavy atom. The summed E-state index contributed by atoms with van der Waals surface area (Å²) in [5.41, 5.74) is 2.91. The summed E-state index contributed by atoms with van der Waals surface area (Å²) in [5.74, 6) is -0.302. The Morgan fingerprint density at radius 2 is 1.81 bits per heavy atom. The van der Waals surface area contributed by atoms with E-state index in [1.165, 1.54) is 18.3 Å². The summed E-state index contributed by atoms with van der Waals surface area (Å²) in [5, 5.41) is 3.39. The molecule has 26 heavy (non-hydrogen) atoms. The number of rotatable bonds is 4. The van der Waals surface area contributed by atoms with Crippen molar-refractivity contribution in [3.05, 3.63) is 63.7 Å². The van der Waals surface area contributed by atoms with Gasteiger partial charge in [0.25, 0.3) is 0 Å². The largest absolute Gasteiger partial charge is 0.433 e. The highest BCUT2D eigenvalue weighted by atomic mass is 32.1. The first-order chi connectivity index (χ1) is 12.3. The van der Waals surface area contributed by atoms with E-state index < -0.39 is 11.9 Å². The third kappa shape index (κ3) is 4.42. The number of hydrogen-bond acceptors (Lipinski definition) is 5. The lowest BCUT2D eigenvalue weighted by atomic mass is 10.1. The van der Waals surface area contributed by atoms with Crippen LogP contribution in [0.3, 0.4) is 0 Å². The Labute approximate surface area is 150 Å². The zero-order valence-electron chi connectivity index (χ0n) is 13.4. The number of halogens is 4. The van der Waals surface area contributed by atoms with Gasteiger partial charge in [-0.1, -0.05) is 29.8 Å². The van der Waals surface area contributed by atoms with E-state index in [2.05, 4.69) is 20.5 Å². The van der Waals surface area contributed by atoms with E-state index in [9.17, 15) is 17.6 Å². The van der Waals surface area contributed by atoms with Crippen molar-refractivity contribution in [2.45, 2.75) is 13.1 Å². The predicted molar refractivity (Wildman–Crippen MR) is 92.7 cm³/mol. The summed E-state index contributed by atoms with van der Waals surface area (Å²) < 4.78 is 52.3. The van der Waals surface area contributed by atoms with Crippen molar-refractivity contribution < 1.29 is 17.6 Å². The van der Waals surface area contributed by atoms with E-state index in [1.807, 2.05) is 6.92 Å². The molecular weight excluding hydrogens is 368 g/mol. The minimum atomic E-state index is -4.63. The van der Waals surface area contributed by atoms with Gasteiger partial charge in [-0.2, -0.15) is 22.7 Å². The van der Waals surface area contributed by atoms with E-state index >= 15 is 0 Å². The monoisotopic (exact) mass is 380 g/mol. The minimum Gasteiger partial charge on any atom is -0.245 e. The first-order valence-corrected chi connectivity index (χ1v) is 8.20. The molecule has 4 nitrogen and oxygen atoms in total. The fraction of sp³-hybridized carbons (Fsp3) is 0.118. The Hall–Kier alpha value is -2.81. The zero-order chi connectivity index (χ0) is 18.7. The molecule has 2 aromatic heterocycles. The molecule has 0 unspecified atom stereocenters. The Kier molecular flexibility index (Phi) is 4.99. The SMILES string of the molecule is Cc1ccc(-c2cc(C(F)(F)F)nc(N/N=C/c3ccc(F)s3)n2)cc1. The highest BCUT2D eigenvalue weighted by Gasteiger charge is 2.33. The van der Waals surface area contributed by atoms with Crippen LogP contribution in [0.1, 0.15) is 16.1 Å². The summed E-state index contributed by atoms with van der Waals surface area (Å²) in [6.45, 7) is 1.88. The molecule has 0 saturated heterocycles. The lowest BCUT2D eigenvalue weighted by molar-refractivity contribution is -0.141. The molecule has 3 aromatic rings. The van der Waals surface area contributed by atoms with E-state index in [-0.39, 0.29) is 16.8 Å². The molecule has 2 heterocycles. The Bertz CT molecular complexity index is 933. The topological polar surface area (TPSA) is 50.2 Å². The van der Waals surface area contributed by atoms with Crippen LogP contribution in [-0.4, -0.2) is 16.2 Å². The molecular formula is C17H12F4N4S. The van der Waals surface area contributed by atoms with Crippen molar-refractivity contribution in [2.24, 2.45) is 5.10 Å². The maximum Gasteiger partial charge on any atom is 0.433 e. The second-order valence-electron chi connectivity index (χ2n) is 5.34. The fourth-order valence-electron chi connectivity index (χ4n) is 2.07. The van der Waals surface area contributed by atoms with Gasteiger partial charge in [-0.15, -0.1) is 11.3 Å². The first-order valence-electron chi connectivity index (χ1n) is 7.39. The van der Waals surface area contributed by atoms with Crippen molar-refractivity contribution >= 4 is 23.5 Å². The predicted octanol–water partition coefficient (Wildman–Crippen LogP) is 5.12. The average Bonchev–Trinajstić information content (AvgIpc) is 3.00. The second kappa shape index (κ2) is 7.20. The number of thiophene rings is 1. The number of nitrogens with zero attached hydrogens (tertiary/aromatic N) is 3. The molecule has 0 aliphatic heterocycles. The van der Waals surface area contributed by atoms with Crippen molar-refractivity contribution in [1.82, 2.24) is 9.97 Å². The molecule has 0 fully saturated rings. The summed E-state index contributed by atoms with van der Waals surface area (Å²) in [7, 11) is 0. The van der Waals surface area contributed by atoms with Gasteiger partial charge in [0.15, 0.2) is 10.8 Å². The number of aryl methyl sites for hydroxylation is 1. The van der Waals surface area contributed by atoms with Crippen LogP contribution in [-0.2, 0) is 6.18 Å². The molecule has 0 amide bonds. The van der Waals surface area contributed by atoms with Crippen LogP contribution in [0.2, 0.25) is 0 Å². The van der Waals surface area contributed by atoms with Crippen molar-refractivity contribution in [3.8, 4) is 11.3 Å². The highest BCUT2D eigenvalue weighted by Crippen LogP contribution is 2.31. The van der Waals surface area contributed by atoms with Gasteiger partial charge < -0.3 is 0 Å². The van der Waals surface area contributed by atoms with Crippen molar-refractivity contribution in [3.63, 3.8) is 0 Å². The zero-order valence-corrected chi connectivity index (χ0v) is 14.2. The Morgan fingerprint density at radius 3 is 2.42 bits per heavy atom. The molecule has 0 aliphatic rings. The van der Waals surface area contributed by atoms with Crippen molar-refractivity contribution in [1.29, 1.82) is 0 Å². The number of benzene rings is 1. The van der Waals surface area contributed by atoms with Crippen LogP contribution in [0.4, 0.5) is 23.5 Å².